The molecule has 2 amide bonds. The maximum absolute atomic E-state index is 14.1. The molecule has 5 rings (SSSR count). The molecule has 35 heavy (non-hydrogen) atoms. The molecule has 2 unspecified atom stereocenters. The van der Waals surface area contributed by atoms with Crippen LogP contribution < -0.4 is 9.64 Å². The third-order valence-corrected chi connectivity index (χ3v) is 7.03. The first-order chi connectivity index (χ1) is 16.9. The van der Waals surface area contributed by atoms with Crippen molar-refractivity contribution in [3.8, 4) is 5.75 Å². The fourth-order valence-electron chi connectivity index (χ4n) is 5.56. The molecule has 2 atom stereocenters. The Morgan fingerprint density at radius 2 is 1.97 bits per heavy atom. The van der Waals surface area contributed by atoms with Gasteiger partial charge in [0, 0.05) is 44.4 Å². The molecular formula is C27H28N2O6. The van der Waals surface area contributed by atoms with Crippen molar-refractivity contribution in [2.75, 3.05) is 31.7 Å². The van der Waals surface area contributed by atoms with E-state index < -0.39 is 23.1 Å². The predicted octanol–water partition coefficient (Wildman–Crippen LogP) is 2.99. The SMILES string of the molecule is CCN1C(=O)C2(/C(=C(/O)c3ccc4c(c3)CC(C)O4)C(=O)C(=O)N2CCCOC)c2ccccc21. The van der Waals surface area contributed by atoms with Gasteiger partial charge >= 0.3 is 0 Å². The third kappa shape index (κ3) is 3.20. The van der Waals surface area contributed by atoms with Crippen molar-refractivity contribution in [2.45, 2.75) is 38.3 Å². The average molecular weight is 477 g/mol. The van der Waals surface area contributed by atoms with Crippen LogP contribution in [0.25, 0.3) is 5.76 Å². The summed E-state index contributed by atoms with van der Waals surface area (Å²) in [6.07, 6.45) is 1.10. The van der Waals surface area contributed by atoms with Crippen molar-refractivity contribution in [3.63, 3.8) is 0 Å². The Morgan fingerprint density at radius 3 is 2.71 bits per heavy atom. The number of Topliss-reactive ketones (excluding diaryl/α,β-unsaturated/α-hetero) is 1. The number of anilines is 1. The Balaban J connectivity index is 1.76. The van der Waals surface area contributed by atoms with Crippen LogP contribution in [0.3, 0.4) is 0 Å². The molecule has 1 spiro atoms. The average Bonchev–Trinajstić information content (AvgIpc) is 3.42. The molecule has 0 bridgehead atoms. The number of rotatable bonds is 6. The first-order valence-electron chi connectivity index (χ1n) is 11.9. The van der Waals surface area contributed by atoms with Gasteiger partial charge in [-0.1, -0.05) is 18.2 Å². The highest BCUT2D eigenvalue weighted by molar-refractivity contribution is 6.50. The number of hydrogen-bond acceptors (Lipinski definition) is 6. The minimum atomic E-state index is -1.73. The lowest BCUT2D eigenvalue weighted by molar-refractivity contribution is -0.143. The molecule has 3 aliphatic heterocycles. The lowest BCUT2D eigenvalue weighted by atomic mass is 9.81. The van der Waals surface area contributed by atoms with Gasteiger partial charge in [0.1, 0.15) is 17.6 Å². The first kappa shape index (κ1) is 23.1. The van der Waals surface area contributed by atoms with Crippen LogP contribution in [-0.2, 0) is 31.1 Å². The predicted molar refractivity (Wildman–Crippen MR) is 129 cm³/mol. The van der Waals surface area contributed by atoms with E-state index in [9.17, 15) is 19.5 Å². The van der Waals surface area contributed by atoms with Gasteiger partial charge in [-0.15, -0.1) is 0 Å². The van der Waals surface area contributed by atoms with Crippen molar-refractivity contribution in [1.29, 1.82) is 0 Å². The molecule has 3 aliphatic rings. The Hall–Kier alpha value is -3.65. The highest BCUT2D eigenvalue weighted by Gasteiger charge is 2.66. The van der Waals surface area contributed by atoms with Gasteiger partial charge in [-0.05, 0) is 50.1 Å². The number of carbonyl (C=O) groups excluding carboxylic acids is 3. The van der Waals surface area contributed by atoms with Crippen LogP contribution in [0, 0.1) is 0 Å². The van der Waals surface area contributed by atoms with Gasteiger partial charge in [0.2, 0.25) is 0 Å². The molecule has 2 aromatic rings. The number of fused-ring (bicyclic) bond motifs is 3. The van der Waals surface area contributed by atoms with E-state index in [1.165, 1.54) is 4.90 Å². The summed E-state index contributed by atoms with van der Waals surface area (Å²) in [6.45, 7) is 4.63. The van der Waals surface area contributed by atoms with E-state index >= 15 is 0 Å². The van der Waals surface area contributed by atoms with Gasteiger partial charge in [-0.2, -0.15) is 0 Å². The molecule has 0 aliphatic carbocycles. The van der Waals surface area contributed by atoms with Crippen molar-refractivity contribution in [2.24, 2.45) is 0 Å². The maximum Gasteiger partial charge on any atom is 0.296 e. The Kier molecular flexibility index (Phi) is 5.63. The van der Waals surface area contributed by atoms with Crippen LogP contribution in [0.1, 0.15) is 37.0 Å². The monoisotopic (exact) mass is 476 g/mol. The van der Waals surface area contributed by atoms with Gasteiger partial charge in [-0.3, -0.25) is 14.4 Å². The molecule has 1 saturated heterocycles. The largest absolute Gasteiger partial charge is 0.507 e. The van der Waals surface area contributed by atoms with E-state index in [0.717, 1.165) is 11.3 Å². The number of para-hydroxylation sites is 1. The lowest BCUT2D eigenvalue weighted by Crippen LogP contribution is -2.52. The normalized spacial score (nSPS) is 24.3. The fraction of sp³-hybridized carbons (Fsp3) is 0.370. The number of carbonyl (C=O) groups is 3. The van der Waals surface area contributed by atoms with E-state index in [2.05, 4.69) is 0 Å². The van der Waals surface area contributed by atoms with Crippen molar-refractivity contribution in [3.05, 3.63) is 64.7 Å². The number of methoxy groups -OCH3 is 1. The topological polar surface area (TPSA) is 96.4 Å². The summed E-state index contributed by atoms with van der Waals surface area (Å²) >= 11 is 0. The molecule has 3 heterocycles. The highest BCUT2D eigenvalue weighted by Crippen LogP contribution is 2.53. The minimum Gasteiger partial charge on any atom is -0.507 e. The van der Waals surface area contributed by atoms with Crippen molar-refractivity contribution >= 4 is 29.0 Å². The summed E-state index contributed by atoms with van der Waals surface area (Å²) < 4.78 is 10.9. The molecule has 0 radical (unpaired) electrons. The molecule has 8 nitrogen and oxygen atoms in total. The smallest absolute Gasteiger partial charge is 0.296 e. The molecular weight excluding hydrogens is 448 g/mol. The van der Waals surface area contributed by atoms with Gasteiger partial charge in [0.15, 0.2) is 5.54 Å². The van der Waals surface area contributed by atoms with E-state index in [4.69, 9.17) is 9.47 Å². The van der Waals surface area contributed by atoms with Crippen LogP contribution in [0.2, 0.25) is 0 Å². The number of ether oxygens (including phenoxy) is 2. The number of likely N-dealkylation sites (tertiary alicyclic amines) is 1. The summed E-state index contributed by atoms with van der Waals surface area (Å²) in [5.74, 6) is -1.73. The van der Waals surface area contributed by atoms with Gasteiger partial charge in [0.25, 0.3) is 17.6 Å². The van der Waals surface area contributed by atoms with E-state index in [-0.39, 0.29) is 24.0 Å². The second-order valence-corrected chi connectivity index (χ2v) is 9.09. The third-order valence-electron chi connectivity index (χ3n) is 7.03. The summed E-state index contributed by atoms with van der Waals surface area (Å²) in [5.41, 5.74) is 0.486. The molecule has 2 aromatic carbocycles. The Morgan fingerprint density at radius 1 is 1.20 bits per heavy atom. The molecule has 0 saturated carbocycles. The number of aliphatic hydroxyl groups is 1. The van der Waals surface area contributed by atoms with E-state index in [1.54, 1.807) is 48.4 Å². The molecule has 182 valence electrons. The van der Waals surface area contributed by atoms with E-state index in [1.807, 2.05) is 19.9 Å². The van der Waals surface area contributed by atoms with Crippen LogP contribution in [-0.4, -0.2) is 60.5 Å². The fourth-order valence-corrected chi connectivity index (χ4v) is 5.56. The highest BCUT2D eigenvalue weighted by atomic mass is 16.5. The van der Waals surface area contributed by atoms with Crippen LogP contribution in [0.15, 0.2) is 48.0 Å². The Bertz CT molecular complexity index is 1270. The molecule has 1 N–H and O–H groups in total. The summed E-state index contributed by atoms with van der Waals surface area (Å²) in [4.78, 5) is 43.9. The quantitative estimate of drug-likeness (QED) is 0.298. The Labute approximate surface area is 203 Å². The maximum atomic E-state index is 14.1. The molecule has 0 aromatic heterocycles. The number of benzene rings is 2. The van der Waals surface area contributed by atoms with Crippen LogP contribution in [0.5, 0.6) is 5.75 Å². The summed E-state index contributed by atoms with van der Waals surface area (Å²) in [5, 5.41) is 11.6. The van der Waals surface area contributed by atoms with Gasteiger partial charge < -0.3 is 24.4 Å². The van der Waals surface area contributed by atoms with Gasteiger partial charge in [-0.25, -0.2) is 0 Å². The zero-order valence-corrected chi connectivity index (χ0v) is 20.0. The second kappa shape index (κ2) is 8.53. The number of hydrogen-bond donors (Lipinski definition) is 1. The number of amides is 2. The first-order valence-corrected chi connectivity index (χ1v) is 11.9. The zero-order chi connectivity index (χ0) is 24.9. The lowest BCUT2D eigenvalue weighted by Gasteiger charge is -2.34. The van der Waals surface area contributed by atoms with Crippen LogP contribution >= 0.6 is 0 Å². The number of nitrogens with zero attached hydrogens (tertiary/aromatic N) is 2. The minimum absolute atomic E-state index is 0.00811. The van der Waals surface area contributed by atoms with Crippen LogP contribution in [0.4, 0.5) is 5.69 Å². The van der Waals surface area contributed by atoms with Gasteiger partial charge in [0.05, 0.1) is 11.3 Å². The second-order valence-electron chi connectivity index (χ2n) is 9.09. The number of likely N-dealkylation sites (N-methyl/N-ethyl adjacent to an activating group) is 1. The molecule has 8 heteroatoms. The standard InChI is InChI=1S/C27H28N2O6/c1-4-28-20-9-6-5-8-19(20)27(26(28)33)22(24(31)25(32)29(27)12-7-13-34-3)23(30)17-10-11-21-18(15-17)14-16(2)35-21/h5-6,8-11,15-16,30H,4,7,12-14H2,1-3H3/b23-22+. The van der Waals surface area contributed by atoms with Crippen molar-refractivity contribution < 1.29 is 29.0 Å². The van der Waals surface area contributed by atoms with Crippen molar-refractivity contribution in [1.82, 2.24) is 4.90 Å². The number of ketones is 1. The number of aliphatic hydroxyl groups excluding tert-OH is 1. The summed E-state index contributed by atoms with van der Waals surface area (Å²) in [7, 11) is 1.55. The molecule has 1 fully saturated rings. The summed E-state index contributed by atoms with van der Waals surface area (Å²) in [6, 6.07) is 12.3. The zero-order valence-electron chi connectivity index (χ0n) is 20.0. The van der Waals surface area contributed by atoms with E-state index in [0.29, 0.717) is 42.8 Å².